The number of nitrogens with zero attached hydrogens (tertiary/aromatic N) is 1. The number of fused-ring (bicyclic) bond motifs is 10. The van der Waals surface area contributed by atoms with Gasteiger partial charge in [-0.2, -0.15) is 0 Å². The second-order valence-electron chi connectivity index (χ2n) is 17.4. The molecule has 2 nitrogen and oxygen atoms in total. The highest BCUT2D eigenvalue weighted by Gasteiger charge is 2.49. The summed E-state index contributed by atoms with van der Waals surface area (Å²) >= 11 is 0. The van der Waals surface area contributed by atoms with Crippen LogP contribution in [0, 0.1) is 0 Å². The van der Waals surface area contributed by atoms with Gasteiger partial charge in [0.25, 0.3) is 0 Å². The lowest BCUT2D eigenvalue weighted by Crippen LogP contribution is -2.19. The fraction of sp³-hybridized carbons (Fsp3) is 0.170. The smallest absolute Gasteiger partial charge is 0.137 e. The zero-order chi connectivity index (χ0) is 37.4. The number of hydrogen-bond donors (Lipinski definition) is 0. The standard InChI is InChI=1S/C53H43NO/c1-51(2)43-16-10-7-13-37(43)38-27-24-35(30-46(38)51)54(36-25-28-40-39-14-9-12-18-47(39)55-48(40)31-36)34-22-19-32(20-23-34)33-21-26-42-45(29-33)53(5,6)49-41-15-8-11-17-44(41)52(3,4)50(42)49/h7-31H,1-6H3. The highest BCUT2D eigenvalue weighted by atomic mass is 16.3. The Morgan fingerprint density at radius 2 is 0.873 bits per heavy atom. The van der Waals surface area contributed by atoms with Crippen molar-refractivity contribution < 1.29 is 4.42 Å². The molecule has 0 aliphatic heterocycles. The van der Waals surface area contributed by atoms with Gasteiger partial charge in [-0.25, -0.2) is 0 Å². The lowest BCUT2D eigenvalue weighted by Gasteiger charge is -2.29. The fourth-order valence-electron chi connectivity index (χ4n) is 10.5. The SMILES string of the molecule is CC1(C)C2=C(c3ccccc31)C(C)(C)c1cc(-c3ccc(N(c4ccc5c(c4)C(C)(C)c4ccccc4-5)c4ccc5c(c4)oc4ccccc45)cc3)ccc12. The van der Waals surface area contributed by atoms with Gasteiger partial charge in [0.05, 0.1) is 0 Å². The van der Waals surface area contributed by atoms with Crippen LogP contribution in [0.4, 0.5) is 17.1 Å². The minimum absolute atomic E-state index is 0.0258. The number of rotatable bonds is 4. The number of benzene rings is 7. The van der Waals surface area contributed by atoms with Crippen molar-refractivity contribution in [2.75, 3.05) is 4.90 Å². The van der Waals surface area contributed by atoms with E-state index in [4.69, 9.17) is 4.42 Å². The van der Waals surface area contributed by atoms with E-state index in [0.29, 0.717) is 0 Å². The van der Waals surface area contributed by atoms with Crippen LogP contribution in [0.25, 0.3) is 55.3 Å². The van der Waals surface area contributed by atoms with Crippen LogP contribution in [0.5, 0.6) is 0 Å². The van der Waals surface area contributed by atoms with Gasteiger partial charge >= 0.3 is 0 Å². The van der Waals surface area contributed by atoms with E-state index in [-0.39, 0.29) is 16.2 Å². The molecule has 0 saturated carbocycles. The minimum Gasteiger partial charge on any atom is -0.456 e. The van der Waals surface area contributed by atoms with E-state index in [9.17, 15) is 0 Å². The molecule has 3 aliphatic carbocycles. The Labute approximate surface area is 323 Å². The second kappa shape index (κ2) is 11.0. The molecule has 266 valence electrons. The maximum absolute atomic E-state index is 6.42. The quantitative estimate of drug-likeness (QED) is 0.181. The van der Waals surface area contributed by atoms with E-state index < -0.39 is 0 Å². The summed E-state index contributed by atoms with van der Waals surface area (Å²) in [7, 11) is 0. The molecule has 1 aromatic heterocycles. The summed E-state index contributed by atoms with van der Waals surface area (Å²) < 4.78 is 6.42. The first-order valence-corrected chi connectivity index (χ1v) is 19.6. The summed E-state index contributed by atoms with van der Waals surface area (Å²) in [5, 5.41) is 2.27. The average molecular weight is 710 g/mol. The van der Waals surface area contributed by atoms with Crippen molar-refractivity contribution in [3.8, 4) is 22.3 Å². The molecular formula is C53H43NO. The first-order chi connectivity index (χ1) is 26.5. The van der Waals surface area contributed by atoms with Gasteiger partial charge in [-0.1, -0.05) is 139 Å². The predicted molar refractivity (Wildman–Crippen MR) is 231 cm³/mol. The van der Waals surface area contributed by atoms with Gasteiger partial charge in [-0.3, -0.25) is 0 Å². The molecule has 0 N–H and O–H groups in total. The summed E-state index contributed by atoms with van der Waals surface area (Å²) in [6.07, 6.45) is 0. The third kappa shape index (κ3) is 4.37. The highest BCUT2D eigenvalue weighted by Crippen LogP contribution is 2.62. The van der Waals surface area contributed by atoms with Gasteiger partial charge in [0.1, 0.15) is 11.2 Å². The number of hydrogen-bond acceptors (Lipinski definition) is 2. The van der Waals surface area contributed by atoms with Gasteiger partial charge in [0.15, 0.2) is 0 Å². The normalized spacial score (nSPS) is 16.5. The molecule has 0 radical (unpaired) electrons. The van der Waals surface area contributed by atoms with Crippen molar-refractivity contribution in [1.82, 2.24) is 0 Å². The number of allylic oxidation sites excluding steroid dienone is 2. The Bertz CT molecular complexity index is 2950. The van der Waals surface area contributed by atoms with E-state index >= 15 is 0 Å². The van der Waals surface area contributed by atoms with Gasteiger partial charge in [0, 0.05) is 50.1 Å². The second-order valence-corrected chi connectivity index (χ2v) is 17.4. The third-order valence-electron chi connectivity index (χ3n) is 13.2. The van der Waals surface area contributed by atoms with Gasteiger partial charge in [-0.15, -0.1) is 0 Å². The third-order valence-corrected chi connectivity index (χ3v) is 13.2. The largest absolute Gasteiger partial charge is 0.456 e. The van der Waals surface area contributed by atoms with Crippen molar-refractivity contribution in [3.05, 3.63) is 185 Å². The first kappa shape index (κ1) is 32.3. The maximum Gasteiger partial charge on any atom is 0.137 e. The molecule has 0 atom stereocenters. The Morgan fingerprint density at radius 1 is 0.364 bits per heavy atom. The molecule has 0 spiro atoms. The molecule has 0 saturated heterocycles. The molecule has 55 heavy (non-hydrogen) atoms. The van der Waals surface area contributed by atoms with Crippen LogP contribution in [-0.2, 0) is 16.2 Å². The van der Waals surface area contributed by atoms with Crippen molar-refractivity contribution in [3.63, 3.8) is 0 Å². The fourth-order valence-corrected chi connectivity index (χ4v) is 10.5. The number of furan rings is 1. The number of para-hydroxylation sites is 1. The Morgan fingerprint density at radius 3 is 1.65 bits per heavy atom. The van der Waals surface area contributed by atoms with Crippen LogP contribution < -0.4 is 4.90 Å². The van der Waals surface area contributed by atoms with Crippen molar-refractivity contribution in [2.24, 2.45) is 0 Å². The summed E-state index contributed by atoms with van der Waals surface area (Å²) in [6.45, 7) is 14.3. The number of anilines is 3. The molecule has 8 aromatic rings. The molecule has 0 fully saturated rings. The topological polar surface area (TPSA) is 16.4 Å². The maximum atomic E-state index is 6.42. The molecule has 0 unspecified atom stereocenters. The lowest BCUT2D eigenvalue weighted by molar-refractivity contribution is 0.660. The zero-order valence-corrected chi connectivity index (χ0v) is 32.3. The van der Waals surface area contributed by atoms with Crippen molar-refractivity contribution >= 4 is 50.1 Å². The summed E-state index contributed by atoms with van der Waals surface area (Å²) in [5.74, 6) is 0. The van der Waals surface area contributed by atoms with E-state index in [1.807, 2.05) is 6.07 Å². The predicted octanol–water partition coefficient (Wildman–Crippen LogP) is 14.5. The molecule has 2 heteroatoms. The Balaban J connectivity index is 1.01. The zero-order valence-electron chi connectivity index (χ0n) is 32.3. The van der Waals surface area contributed by atoms with Crippen molar-refractivity contribution in [1.29, 1.82) is 0 Å². The highest BCUT2D eigenvalue weighted by molar-refractivity contribution is 6.10. The van der Waals surface area contributed by atoms with Gasteiger partial charge in [-0.05, 0) is 115 Å². The summed E-state index contributed by atoms with van der Waals surface area (Å²) in [5.41, 5.74) is 21.4. The molecule has 0 amide bonds. The minimum atomic E-state index is -0.103. The van der Waals surface area contributed by atoms with E-state index in [1.54, 1.807) is 0 Å². The van der Waals surface area contributed by atoms with Crippen LogP contribution in [0.15, 0.2) is 156 Å². The molecular weight excluding hydrogens is 667 g/mol. The Hall–Kier alpha value is -6.12. The summed E-state index contributed by atoms with van der Waals surface area (Å²) in [6, 6.07) is 56.1. The van der Waals surface area contributed by atoms with Crippen molar-refractivity contribution in [2.45, 2.75) is 57.8 Å². The van der Waals surface area contributed by atoms with Gasteiger partial charge < -0.3 is 9.32 Å². The molecule has 11 rings (SSSR count). The first-order valence-electron chi connectivity index (χ1n) is 19.6. The van der Waals surface area contributed by atoms with E-state index in [2.05, 4.69) is 192 Å². The molecule has 1 heterocycles. The van der Waals surface area contributed by atoms with E-state index in [1.165, 1.54) is 66.8 Å². The van der Waals surface area contributed by atoms with Crippen LogP contribution in [0.2, 0.25) is 0 Å². The molecule has 7 aromatic carbocycles. The average Bonchev–Trinajstić information content (AvgIpc) is 3.84. The van der Waals surface area contributed by atoms with Crippen LogP contribution in [0.1, 0.15) is 74.9 Å². The summed E-state index contributed by atoms with van der Waals surface area (Å²) in [4.78, 5) is 2.38. The monoisotopic (exact) mass is 709 g/mol. The lowest BCUT2D eigenvalue weighted by atomic mass is 9.75. The van der Waals surface area contributed by atoms with E-state index in [0.717, 1.165) is 39.0 Å². The van der Waals surface area contributed by atoms with Gasteiger partial charge in [0.2, 0.25) is 0 Å². The Kier molecular flexibility index (Phi) is 6.45. The molecule has 3 aliphatic rings. The van der Waals surface area contributed by atoms with Crippen LogP contribution >= 0.6 is 0 Å². The van der Waals surface area contributed by atoms with Crippen LogP contribution in [0.3, 0.4) is 0 Å². The van der Waals surface area contributed by atoms with Crippen LogP contribution in [-0.4, -0.2) is 0 Å². The molecule has 0 bridgehead atoms.